The third-order valence-corrected chi connectivity index (χ3v) is 5.61. The molecule has 0 saturated heterocycles. The van der Waals surface area contributed by atoms with Crippen LogP contribution < -0.4 is 10.3 Å². The maximum Gasteiger partial charge on any atom is 0.335 e. The van der Waals surface area contributed by atoms with E-state index < -0.39 is 5.97 Å². The summed E-state index contributed by atoms with van der Waals surface area (Å²) in [6.45, 7) is 6.73. The number of carboxylic acids is 1. The molecule has 0 bridgehead atoms. The van der Waals surface area contributed by atoms with E-state index in [4.69, 9.17) is 16.7 Å². The normalized spacial score (nSPS) is 18.4. The van der Waals surface area contributed by atoms with Crippen molar-refractivity contribution in [3.05, 3.63) is 58.1 Å². The van der Waals surface area contributed by atoms with Crippen LogP contribution in [0.4, 0.5) is 11.4 Å². The number of fused-ring (bicyclic) bond motifs is 1. The minimum absolute atomic E-state index is 0.0923. The lowest BCUT2D eigenvalue weighted by Crippen LogP contribution is -2.45. The first-order valence-corrected chi connectivity index (χ1v) is 9.26. The maximum atomic E-state index is 10.9. The molecule has 6 heteroatoms. The number of hydrazone groups is 1. The molecule has 27 heavy (non-hydrogen) atoms. The molecule has 1 aliphatic heterocycles. The number of nitrogens with zero attached hydrogens (tertiary/aromatic N) is 2. The molecule has 2 N–H and O–H groups in total. The van der Waals surface area contributed by atoms with Crippen LogP contribution in [0.1, 0.15) is 54.6 Å². The molecular formula is C21H24ClN3O2. The summed E-state index contributed by atoms with van der Waals surface area (Å²) >= 11 is 6.49. The van der Waals surface area contributed by atoms with Crippen LogP contribution >= 0.6 is 11.6 Å². The van der Waals surface area contributed by atoms with Crippen molar-refractivity contribution in [3.63, 3.8) is 0 Å². The summed E-state index contributed by atoms with van der Waals surface area (Å²) in [7, 11) is 2.11. The third-order valence-electron chi connectivity index (χ3n) is 5.28. The number of rotatable bonds is 4. The lowest BCUT2D eigenvalue weighted by Gasteiger charge is -2.45. The number of nitrogens with one attached hydrogen (secondary N) is 1. The van der Waals surface area contributed by atoms with Crippen LogP contribution in [0, 0.1) is 0 Å². The summed E-state index contributed by atoms with van der Waals surface area (Å²) in [6.07, 6.45) is 2.77. The SMILES string of the molecule is CC1CC(C)(C)N(C)c2cc(Cl)c(/C=N\Nc3ccc(C(=O)O)cc3)cc21. The Kier molecular flexibility index (Phi) is 5.16. The van der Waals surface area contributed by atoms with Gasteiger partial charge in [-0.15, -0.1) is 0 Å². The largest absolute Gasteiger partial charge is 0.478 e. The first-order chi connectivity index (χ1) is 12.7. The fourth-order valence-corrected chi connectivity index (χ4v) is 3.77. The van der Waals surface area contributed by atoms with Crippen LogP contribution in [0.15, 0.2) is 41.5 Å². The van der Waals surface area contributed by atoms with Crippen molar-refractivity contribution < 1.29 is 9.90 Å². The van der Waals surface area contributed by atoms with Gasteiger partial charge in [0.25, 0.3) is 0 Å². The monoisotopic (exact) mass is 385 g/mol. The van der Waals surface area contributed by atoms with Gasteiger partial charge in [0.05, 0.1) is 22.5 Å². The van der Waals surface area contributed by atoms with Gasteiger partial charge in [0.1, 0.15) is 0 Å². The molecule has 2 aromatic carbocycles. The molecule has 0 fully saturated rings. The molecule has 0 amide bonds. The van der Waals surface area contributed by atoms with E-state index in [1.807, 2.05) is 6.07 Å². The number of benzene rings is 2. The van der Waals surface area contributed by atoms with E-state index in [0.29, 0.717) is 16.6 Å². The molecule has 2 aromatic rings. The van der Waals surface area contributed by atoms with Crippen LogP contribution in [0.3, 0.4) is 0 Å². The third kappa shape index (κ3) is 3.93. The van der Waals surface area contributed by atoms with Crippen LogP contribution in [0.25, 0.3) is 0 Å². The van der Waals surface area contributed by atoms with Gasteiger partial charge in [-0.25, -0.2) is 4.79 Å². The van der Waals surface area contributed by atoms with Crippen molar-refractivity contribution in [2.75, 3.05) is 17.4 Å². The predicted octanol–water partition coefficient (Wildman–Crippen LogP) is 5.21. The summed E-state index contributed by atoms with van der Waals surface area (Å²) in [4.78, 5) is 13.2. The summed E-state index contributed by atoms with van der Waals surface area (Å²) in [5.41, 5.74) is 7.24. The highest BCUT2D eigenvalue weighted by molar-refractivity contribution is 6.33. The quantitative estimate of drug-likeness (QED) is 0.560. The Morgan fingerprint density at radius 2 is 2.00 bits per heavy atom. The molecule has 0 radical (unpaired) electrons. The van der Waals surface area contributed by atoms with E-state index >= 15 is 0 Å². The zero-order valence-electron chi connectivity index (χ0n) is 16.0. The minimum Gasteiger partial charge on any atom is -0.478 e. The Morgan fingerprint density at radius 3 is 2.63 bits per heavy atom. The Morgan fingerprint density at radius 1 is 1.33 bits per heavy atom. The molecule has 0 aliphatic carbocycles. The van der Waals surface area contributed by atoms with Gasteiger partial charge < -0.3 is 10.0 Å². The van der Waals surface area contributed by atoms with Crippen LogP contribution in [0.5, 0.6) is 0 Å². The van der Waals surface area contributed by atoms with Crippen LogP contribution in [-0.4, -0.2) is 29.9 Å². The zero-order valence-corrected chi connectivity index (χ0v) is 16.7. The van der Waals surface area contributed by atoms with E-state index in [1.54, 1.807) is 18.3 Å². The molecule has 3 rings (SSSR count). The predicted molar refractivity (Wildman–Crippen MR) is 112 cm³/mol. The van der Waals surface area contributed by atoms with Crippen LogP contribution in [-0.2, 0) is 0 Å². The minimum atomic E-state index is -0.951. The molecule has 0 aromatic heterocycles. The second-order valence-electron chi connectivity index (χ2n) is 7.66. The highest BCUT2D eigenvalue weighted by Gasteiger charge is 2.34. The van der Waals surface area contributed by atoms with E-state index in [-0.39, 0.29) is 11.1 Å². The van der Waals surface area contributed by atoms with E-state index in [0.717, 1.165) is 17.7 Å². The van der Waals surface area contributed by atoms with Crippen molar-refractivity contribution in [1.82, 2.24) is 0 Å². The Hall–Kier alpha value is -2.53. The number of hydrogen-bond donors (Lipinski definition) is 2. The van der Waals surface area contributed by atoms with Gasteiger partial charge in [0, 0.05) is 23.8 Å². The number of aromatic carboxylic acids is 1. The standard InChI is InChI=1S/C21H24ClN3O2/c1-13-11-21(2,3)25(4)19-10-18(22)15(9-17(13)19)12-23-24-16-7-5-14(6-8-16)20(26)27/h5-10,12-13,24H,11H2,1-4H3,(H,26,27)/b23-12-. The highest BCUT2D eigenvalue weighted by atomic mass is 35.5. The smallest absolute Gasteiger partial charge is 0.335 e. The number of carboxylic acid groups (broad SMARTS) is 1. The summed E-state index contributed by atoms with van der Waals surface area (Å²) in [5.74, 6) is -0.514. The molecule has 5 nitrogen and oxygen atoms in total. The van der Waals surface area contributed by atoms with E-state index in [2.05, 4.69) is 49.3 Å². The molecule has 1 unspecified atom stereocenters. The molecule has 0 saturated carbocycles. The van der Waals surface area contributed by atoms with Crippen molar-refractivity contribution in [2.45, 2.75) is 38.6 Å². The first kappa shape index (κ1) is 19.2. The van der Waals surface area contributed by atoms with Gasteiger partial charge >= 0.3 is 5.97 Å². The highest BCUT2D eigenvalue weighted by Crippen LogP contribution is 2.44. The average molecular weight is 386 g/mol. The van der Waals surface area contributed by atoms with E-state index in [1.165, 1.54) is 17.7 Å². The Labute approximate surface area is 164 Å². The van der Waals surface area contributed by atoms with Crippen molar-refractivity contribution in [2.24, 2.45) is 5.10 Å². The summed E-state index contributed by atoms with van der Waals surface area (Å²) in [6, 6.07) is 10.5. The van der Waals surface area contributed by atoms with Gasteiger partial charge in [0.2, 0.25) is 0 Å². The topological polar surface area (TPSA) is 64.9 Å². The van der Waals surface area contributed by atoms with Crippen molar-refractivity contribution in [3.8, 4) is 0 Å². The van der Waals surface area contributed by atoms with Gasteiger partial charge in [-0.3, -0.25) is 5.43 Å². The van der Waals surface area contributed by atoms with Gasteiger partial charge in [-0.2, -0.15) is 5.10 Å². The van der Waals surface area contributed by atoms with Gasteiger partial charge in [-0.1, -0.05) is 18.5 Å². The maximum absolute atomic E-state index is 10.9. The average Bonchev–Trinajstić information content (AvgIpc) is 2.61. The molecule has 1 aliphatic rings. The van der Waals surface area contributed by atoms with Gasteiger partial charge in [-0.05, 0) is 68.1 Å². The second kappa shape index (κ2) is 7.24. The van der Waals surface area contributed by atoms with Crippen LogP contribution in [0.2, 0.25) is 5.02 Å². The lowest BCUT2D eigenvalue weighted by atomic mass is 9.80. The van der Waals surface area contributed by atoms with Crippen molar-refractivity contribution in [1.29, 1.82) is 0 Å². The first-order valence-electron chi connectivity index (χ1n) is 8.89. The molecule has 142 valence electrons. The summed E-state index contributed by atoms with van der Waals surface area (Å²) in [5, 5.41) is 13.8. The number of hydrogen-bond acceptors (Lipinski definition) is 4. The fourth-order valence-electron chi connectivity index (χ4n) is 3.57. The summed E-state index contributed by atoms with van der Waals surface area (Å²) < 4.78 is 0. The molecule has 0 spiro atoms. The number of carbonyl (C=O) groups is 1. The van der Waals surface area contributed by atoms with E-state index in [9.17, 15) is 4.79 Å². The molecular weight excluding hydrogens is 362 g/mol. The Balaban J connectivity index is 1.81. The van der Waals surface area contributed by atoms with Crippen molar-refractivity contribution >= 4 is 35.2 Å². The fraction of sp³-hybridized carbons (Fsp3) is 0.333. The molecule has 1 heterocycles. The lowest BCUT2D eigenvalue weighted by molar-refractivity contribution is 0.0697. The van der Waals surface area contributed by atoms with Gasteiger partial charge in [0.15, 0.2) is 0 Å². The number of halogens is 1. The number of anilines is 2. The molecule has 1 atom stereocenters. The zero-order chi connectivity index (χ0) is 19.8. The Bertz CT molecular complexity index is 891. The second-order valence-corrected chi connectivity index (χ2v) is 8.07.